The average Bonchev–Trinajstić information content (AvgIpc) is 2.94. The van der Waals surface area contributed by atoms with Crippen molar-refractivity contribution < 1.29 is 9.59 Å². The maximum atomic E-state index is 12.1. The third-order valence-electron chi connectivity index (χ3n) is 3.63. The molecule has 5 heteroatoms. The molecule has 0 radical (unpaired) electrons. The lowest BCUT2D eigenvalue weighted by Gasteiger charge is -2.16. The lowest BCUT2D eigenvalue weighted by Crippen LogP contribution is -2.23. The summed E-state index contributed by atoms with van der Waals surface area (Å²) in [6.07, 6.45) is 3.15. The van der Waals surface area contributed by atoms with Gasteiger partial charge in [-0.1, -0.05) is 18.2 Å². The zero-order valence-corrected chi connectivity index (χ0v) is 12.2. The Morgan fingerprint density at radius 3 is 2.86 bits per heavy atom. The summed E-state index contributed by atoms with van der Waals surface area (Å²) in [5, 5.41) is 2.83. The van der Waals surface area contributed by atoms with Crippen LogP contribution in [0.1, 0.15) is 28.9 Å². The van der Waals surface area contributed by atoms with E-state index in [1.807, 2.05) is 29.2 Å². The number of nitrogens with zero attached hydrogens (tertiary/aromatic N) is 2. The van der Waals surface area contributed by atoms with Gasteiger partial charge in [-0.3, -0.25) is 14.6 Å². The number of likely N-dealkylation sites (tertiary alicyclic amines) is 1. The van der Waals surface area contributed by atoms with Gasteiger partial charge in [0.1, 0.15) is 5.69 Å². The molecule has 1 saturated heterocycles. The van der Waals surface area contributed by atoms with Crippen molar-refractivity contribution in [3.8, 4) is 0 Å². The topological polar surface area (TPSA) is 62.3 Å². The molecular weight excluding hydrogens is 278 g/mol. The van der Waals surface area contributed by atoms with Gasteiger partial charge in [0, 0.05) is 31.4 Å². The molecule has 1 aromatic heterocycles. The molecule has 2 aromatic rings. The minimum atomic E-state index is -0.241. The molecule has 1 aromatic carbocycles. The molecule has 0 bridgehead atoms. The summed E-state index contributed by atoms with van der Waals surface area (Å²) in [4.78, 5) is 29.6. The van der Waals surface area contributed by atoms with E-state index >= 15 is 0 Å². The number of pyridine rings is 1. The molecule has 0 unspecified atom stereocenters. The number of benzene rings is 1. The molecule has 1 aliphatic rings. The van der Waals surface area contributed by atoms with E-state index in [1.165, 1.54) is 0 Å². The van der Waals surface area contributed by atoms with Crippen molar-refractivity contribution in [3.05, 3.63) is 59.9 Å². The molecule has 1 N–H and O–H groups in total. The van der Waals surface area contributed by atoms with Gasteiger partial charge in [-0.15, -0.1) is 0 Å². The molecule has 0 atom stereocenters. The fourth-order valence-corrected chi connectivity index (χ4v) is 2.53. The average molecular weight is 295 g/mol. The number of carbonyl (C=O) groups is 2. The number of amides is 2. The van der Waals surface area contributed by atoms with Gasteiger partial charge >= 0.3 is 0 Å². The standard InChI is InChI=1S/C17H17N3O2/c21-16-8-4-10-20(16)12-13-5-3-6-14(11-13)19-17(22)15-7-1-2-9-18-15/h1-3,5-7,9,11H,4,8,10,12H2,(H,19,22). The molecule has 22 heavy (non-hydrogen) atoms. The Bertz CT molecular complexity index is 685. The SMILES string of the molecule is O=C(Nc1cccc(CN2CCCC2=O)c1)c1ccccn1. The van der Waals surface area contributed by atoms with Crippen LogP contribution in [-0.2, 0) is 11.3 Å². The molecule has 3 rings (SSSR count). The number of aromatic nitrogens is 1. The highest BCUT2D eigenvalue weighted by atomic mass is 16.2. The van der Waals surface area contributed by atoms with E-state index in [0.717, 1.165) is 18.5 Å². The largest absolute Gasteiger partial charge is 0.338 e. The smallest absolute Gasteiger partial charge is 0.274 e. The number of rotatable bonds is 4. The molecular formula is C17H17N3O2. The fourth-order valence-electron chi connectivity index (χ4n) is 2.53. The van der Waals surface area contributed by atoms with Crippen LogP contribution in [0.5, 0.6) is 0 Å². The summed E-state index contributed by atoms with van der Waals surface area (Å²) in [7, 11) is 0. The van der Waals surface area contributed by atoms with E-state index in [4.69, 9.17) is 0 Å². The first-order chi connectivity index (χ1) is 10.7. The maximum absolute atomic E-state index is 12.1. The highest BCUT2D eigenvalue weighted by molar-refractivity contribution is 6.02. The molecule has 0 saturated carbocycles. The van der Waals surface area contributed by atoms with Crippen LogP contribution < -0.4 is 5.32 Å². The first-order valence-corrected chi connectivity index (χ1v) is 7.31. The summed E-state index contributed by atoms with van der Waals surface area (Å²) in [6.45, 7) is 1.40. The van der Waals surface area contributed by atoms with E-state index in [0.29, 0.717) is 24.3 Å². The van der Waals surface area contributed by atoms with Crippen LogP contribution in [0, 0.1) is 0 Å². The van der Waals surface area contributed by atoms with E-state index in [-0.39, 0.29) is 11.8 Å². The van der Waals surface area contributed by atoms with Gasteiger partial charge in [0.05, 0.1) is 0 Å². The summed E-state index contributed by atoms with van der Waals surface area (Å²) in [5.74, 6) is -0.0436. The van der Waals surface area contributed by atoms with Crippen LogP contribution in [0.25, 0.3) is 0 Å². The van der Waals surface area contributed by atoms with Gasteiger partial charge in [-0.2, -0.15) is 0 Å². The van der Waals surface area contributed by atoms with E-state index in [2.05, 4.69) is 10.3 Å². The molecule has 1 aliphatic heterocycles. The molecule has 1 fully saturated rings. The van der Waals surface area contributed by atoms with E-state index in [9.17, 15) is 9.59 Å². The van der Waals surface area contributed by atoms with Crippen molar-refractivity contribution in [2.75, 3.05) is 11.9 Å². The van der Waals surface area contributed by atoms with Crippen molar-refractivity contribution in [1.82, 2.24) is 9.88 Å². The second kappa shape index (κ2) is 6.39. The lowest BCUT2D eigenvalue weighted by atomic mass is 10.2. The van der Waals surface area contributed by atoms with E-state index in [1.54, 1.807) is 24.4 Å². The third-order valence-corrected chi connectivity index (χ3v) is 3.63. The van der Waals surface area contributed by atoms with Crippen molar-refractivity contribution in [2.24, 2.45) is 0 Å². The molecule has 2 amide bonds. The van der Waals surface area contributed by atoms with Gasteiger partial charge < -0.3 is 10.2 Å². The quantitative estimate of drug-likeness (QED) is 0.942. The van der Waals surface area contributed by atoms with Crippen LogP contribution in [-0.4, -0.2) is 28.2 Å². The first kappa shape index (κ1) is 14.3. The Kier molecular flexibility index (Phi) is 4.14. The van der Waals surface area contributed by atoms with Crippen molar-refractivity contribution in [1.29, 1.82) is 0 Å². The van der Waals surface area contributed by atoms with Gasteiger partial charge in [-0.25, -0.2) is 0 Å². The number of hydrogen-bond acceptors (Lipinski definition) is 3. The predicted octanol–water partition coefficient (Wildman–Crippen LogP) is 2.46. The monoisotopic (exact) mass is 295 g/mol. The minimum Gasteiger partial charge on any atom is -0.338 e. The fraction of sp³-hybridized carbons (Fsp3) is 0.235. The second-order valence-electron chi connectivity index (χ2n) is 5.29. The van der Waals surface area contributed by atoms with Gasteiger partial charge in [0.25, 0.3) is 5.91 Å². The van der Waals surface area contributed by atoms with Crippen molar-refractivity contribution >= 4 is 17.5 Å². The molecule has 5 nitrogen and oxygen atoms in total. The lowest BCUT2D eigenvalue weighted by molar-refractivity contribution is -0.128. The number of hydrogen-bond donors (Lipinski definition) is 1. The zero-order chi connectivity index (χ0) is 15.4. The maximum Gasteiger partial charge on any atom is 0.274 e. The molecule has 0 aliphatic carbocycles. The first-order valence-electron chi connectivity index (χ1n) is 7.31. The summed E-state index contributed by atoms with van der Waals surface area (Å²) in [6, 6.07) is 12.8. The van der Waals surface area contributed by atoms with Crippen molar-refractivity contribution in [3.63, 3.8) is 0 Å². The normalized spacial score (nSPS) is 14.2. The summed E-state index contributed by atoms with van der Waals surface area (Å²) < 4.78 is 0. The van der Waals surface area contributed by atoms with Crippen LogP contribution in [0.2, 0.25) is 0 Å². The highest BCUT2D eigenvalue weighted by Crippen LogP contribution is 2.17. The van der Waals surface area contributed by atoms with Crippen LogP contribution >= 0.6 is 0 Å². The van der Waals surface area contributed by atoms with Crippen LogP contribution in [0.15, 0.2) is 48.7 Å². The molecule has 2 heterocycles. The Labute approximate surface area is 129 Å². The van der Waals surface area contributed by atoms with Crippen LogP contribution in [0.4, 0.5) is 5.69 Å². The third kappa shape index (κ3) is 3.31. The van der Waals surface area contributed by atoms with Crippen LogP contribution in [0.3, 0.4) is 0 Å². The zero-order valence-electron chi connectivity index (χ0n) is 12.2. The Balaban J connectivity index is 1.68. The molecule has 0 spiro atoms. The highest BCUT2D eigenvalue weighted by Gasteiger charge is 2.20. The Morgan fingerprint density at radius 1 is 1.23 bits per heavy atom. The minimum absolute atomic E-state index is 0.197. The Morgan fingerprint density at radius 2 is 2.14 bits per heavy atom. The number of nitrogens with one attached hydrogen (secondary N) is 1. The predicted molar refractivity (Wildman–Crippen MR) is 83.3 cm³/mol. The van der Waals surface area contributed by atoms with Gasteiger partial charge in [0.15, 0.2) is 0 Å². The number of anilines is 1. The van der Waals surface area contributed by atoms with E-state index < -0.39 is 0 Å². The van der Waals surface area contributed by atoms with Crippen molar-refractivity contribution in [2.45, 2.75) is 19.4 Å². The Hall–Kier alpha value is -2.69. The molecule has 112 valence electrons. The van der Waals surface area contributed by atoms with Gasteiger partial charge in [0.2, 0.25) is 5.91 Å². The summed E-state index contributed by atoms with van der Waals surface area (Å²) in [5.41, 5.74) is 2.09. The number of carbonyl (C=O) groups excluding carboxylic acids is 2. The second-order valence-corrected chi connectivity index (χ2v) is 5.29. The van der Waals surface area contributed by atoms with Gasteiger partial charge in [-0.05, 0) is 36.2 Å². The summed E-state index contributed by atoms with van der Waals surface area (Å²) >= 11 is 0.